The van der Waals surface area contributed by atoms with Gasteiger partial charge in [0.05, 0.1) is 0 Å². The lowest BCUT2D eigenvalue weighted by Gasteiger charge is -2.34. The lowest BCUT2D eigenvalue weighted by atomic mass is 9.96. The van der Waals surface area contributed by atoms with Crippen LogP contribution >= 0.6 is 0 Å². The maximum Gasteiger partial charge on any atom is 0.221 e. The second-order valence-electron chi connectivity index (χ2n) is 5.45. The van der Waals surface area contributed by atoms with Gasteiger partial charge in [-0.15, -0.1) is 0 Å². The van der Waals surface area contributed by atoms with Crippen molar-refractivity contribution in [2.75, 3.05) is 19.6 Å². The minimum absolute atomic E-state index is 0.203. The Hall–Kier alpha value is -0.610. The van der Waals surface area contributed by atoms with Crippen LogP contribution in [-0.4, -0.2) is 42.5 Å². The van der Waals surface area contributed by atoms with Crippen molar-refractivity contribution >= 4 is 5.91 Å². The van der Waals surface area contributed by atoms with Gasteiger partial charge in [-0.3, -0.25) is 4.79 Å². The Morgan fingerprint density at radius 3 is 2.81 bits per heavy atom. The van der Waals surface area contributed by atoms with E-state index in [4.69, 9.17) is 5.73 Å². The first kappa shape index (κ1) is 11.9. The van der Waals surface area contributed by atoms with Gasteiger partial charge in [0.1, 0.15) is 0 Å². The molecular weight excluding hydrogens is 202 g/mol. The highest BCUT2D eigenvalue weighted by Gasteiger charge is 2.25. The molecule has 3 N–H and O–H groups in total. The number of carbonyl (C=O) groups is 1. The minimum atomic E-state index is 0.203. The highest BCUT2D eigenvalue weighted by atomic mass is 16.1. The van der Waals surface area contributed by atoms with Gasteiger partial charge in [0.25, 0.3) is 0 Å². The molecule has 0 bridgehead atoms. The molecule has 4 heteroatoms. The second-order valence-corrected chi connectivity index (χ2v) is 5.45. The van der Waals surface area contributed by atoms with E-state index in [-0.39, 0.29) is 11.9 Å². The standard InChI is InChI=1S/C12H23N3O/c1-9-6-10(13)8-15(7-9)5-4-12(16)14-11-2-3-11/h9-11H,2-8,13H2,1H3,(H,14,16). The Labute approximate surface area is 97.6 Å². The Morgan fingerprint density at radius 2 is 2.19 bits per heavy atom. The number of amides is 1. The van der Waals surface area contributed by atoms with E-state index in [1.165, 1.54) is 0 Å². The van der Waals surface area contributed by atoms with Crippen molar-refractivity contribution in [2.45, 2.75) is 44.7 Å². The van der Waals surface area contributed by atoms with E-state index < -0.39 is 0 Å². The highest BCUT2D eigenvalue weighted by molar-refractivity contribution is 5.76. The number of piperidine rings is 1. The van der Waals surface area contributed by atoms with Crippen molar-refractivity contribution in [3.63, 3.8) is 0 Å². The first-order chi connectivity index (χ1) is 7.63. The number of nitrogens with two attached hydrogens (primary N) is 1. The predicted octanol–water partition coefficient (Wildman–Crippen LogP) is 0.324. The molecule has 16 heavy (non-hydrogen) atoms. The summed E-state index contributed by atoms with van der Waals surface area (Å²) in [6.07, 6.45) is 4.06. The molecule has 0 spiro atoms. The Balaban J connectivity index is 1.65. The zero-order chi connectivity index (χ0) is 11.5. The summed E-state index contributed by atoms with van der Waals surface area (Å²) in [6.45, 7) is 5.12. The molecule has 0 aromatic heterocycles. The number of rotatable bonds is 4. The van der Waals surface area contributed by atoms with Crippen molar-refractivity contribution in [3.05, 3.63) is 0 Å². The lowest BCUT2D eigenvalue weighted by molar-refractivity contribution is -0.121. The van der Waals surface area contributed by atoms with Gasteiger partial charge in [0, 0.05) is 38.1 Å². The number of nitrogens with one attached hydrogen (secondary N) is 1. The summed E-state index contributed by atoms with van der Waals surface area (Å²) in [4.78, 5) is 13.9. The molecule has 4 nitrogen and oxygen atoms in total. The van der Waals surface area contributed by atoms with Crippen molar-refractivity contribution in [2.24, 2.45) is 11.7 Å². The monoisotopic (exact) mass is 225 g/mol. The largest absolute Gasteiger partial charge is 0.353 e. The van der Waals surface area contributed by atoms with E-state index in [2.05, 4.69) is 17.1 Å². The average Bonchev–Trinajstić information content (AvgIpc) is 2.97. The number of hydrogen-bond donors (Lipinski definition) is 2. The van der Waals surface area contributed by atoms with Gasteiger partial charge < -0.3 is 16.0 Å². The van der Waals surface area contributed by atoms with Crippen LogP contribution in [0.5, 0.6) is 0 Å². The Kier molecular flexibility index (Phi) is 3.82. The minimum Gasteiger partial charge on any atom is -0.353 e. The molecule has 1 heterocycles. The topological polar surface area (TPSA) is 58.4 Å². The van der Waals surface area contributed by atoms with Gasteiger partial charge in [0.15, 0.2) is 0 Å². The fourth-order valence-corrected chi connectivity index (χ4v) is 2.48. The number of hydrogen-bond acceptors (Lipinski definition) is 3. The van der Waals surface area contributed by atoms with Gasteiger partial charge in [-0.2, -0.15) is 0 Å². The summed E-state index contributed by atoms with van der Waals surface area (Å²) in [5.74, 6) is 0.865. The highest BCUT2D eigenvalue weighted by Crippen LogP contribution is 2.19. The quantitative estimate of drug-likeness (QED) is 0.724. The molecular formula is C12H23N3O. The third-order valence-corrected chi connectivity index (χ3v) is 3.37. The summed E-state index contributed by atoms with van der Waals surface area (Å²) in [6, 6.07) is 0.769. The summed E-state index contributed by atoms with van der Waals surface area (Å²) in [5.41, 5.74) is 5.97. The van der Waals surface area contributed by atoms with Gasteiger partial charge in [-0.25, -0.2) is 0 Å². The van der Waals surface area contributed by atoms with Crippen LogP contribution in [0.25, 0.3) is 0 Å². The molecule has 1 saturated heterocycles. The van der Waals surface area contributed by atoms with Crippen LogP contribution in [0.3, 0.4) is 0 Å². The van der Waals surface area contributed by atoms with Crippen LogP contribution in [0.4, 0.5) is 0 Å². The molecule has 92 valence electrons. The maximum absolute atomic E-state index is 11.5. The SMILES string of the molecule is CC1CC(N)CN(CCC(=O)NC2CC2)C1. The Bertz CT molecular complexity index is 243. The van der Waals surface area contributed by atoms with Crippen molar-refractivity contribution in [1.29, 1.82) is 0 Å². The van der Waals surface area contributed by atoms with Crippen LogP contribution in [0.2, 0.25) is 0 Å². The molecule has 2 unspecified atom stereocenters. The molecule has 1 aliphatic heterocycles. The van der Waals surface area contributed by atoms with Crippen LogP contribution in [0.1, 0.15) is 32.6 Å². The molecule has 0 radical (unpaired) electrons. The summed E-state index contributed by atoms with van der Waals surface area (Å²) >= 11 is 0. The molecule has 0 aromatic rings. The first-order valence-electron chi connectivity index (χ1n) is 6.41. The van der Waals surface area contributed by atoms with Crippen molar-refractivity contribution < 1.29 is 4.79 Å². The van der Waals surface area contributed by atoms with Crippen LogP contribution in [0, 0.1) is 5.92 Å². The summed E-state index contributed by atoms with van der Waals surface area (Å²) in [7, 11) is 0. The fraction of sp³-hybridized carbons (Fsp3) is 0.917. The van der Waals surface area contributed by atoms with Gasteiger partial charge in [-0.05, 0) is 25.2 Å². The zero-order valence-corrected chi connectivity index (χ0v) is 10.1. The Morgan fingerprint density at radius 1 is 1.44 bits per heavy atom. The van der Waals surface area contributed by atoms with Gasteiger partial charge >= 0.3 is 0 Å². The molecule has 1 amide bonds. The van der Waals surface area contributed by atoms with Crippen LogP contribution in [-0.2, 0) is 4.79 Å². The molecule has 0 aromatic carbocycles. The molecule has 2 atom stereocenters. The van der Waals surface area contributed by atoms with Crippen molar-refractivity contribution in [1.82, 2.24) is 10.2 Å². The summed E-state index contributed by atoms with van der Waals surface area (Å²) in [5, 5.41) is 3.02. The smallest absolute Gasteiger partial charge is 0.221 e. The van der Waals surface area contributed by atoms with E-state index >= 15 is 0 Å². The average molecular weight is 225 g/mol. The molecule has 1 saturated carbocycles. The normalized spacial score (nSPS) is 31.4. The molecule has 2 rings (SSSR count). The van der Waals surface area contributed by atoms with E-state index in [1.807, 2.05) is 0 Å². The number of likely N-dealkylation sites (tertiary alicyclic amines) is 1. The maximum atomic E-state index is 11.5. The fourth-order valence-electron chi connectivity index (χ4n) is 2.48. The van der Waals surface area contributed by atoms with Crippen LogP contribution in [0.15, 0.2) is 0 Å². The van der Waals surface area contributed by atoms with Gasteiger partial charge in [0.2, 0.25) is 5.91 Å². The number of carbonyl (C=O) groups excluding carboxylic acids is 1. The predicted molar refractivity (Wildman–Crippen MR) is 64.0 cm³/mol. The van der Waals surface area contributed by atoms with Gasteiger partial charge in [-0.1, -0.05) is 6.92 Å². The molecule has 1 aliphatic carbocycles. The molecule has 2 aliphatic rings. The number of nitrogens with zero attached hydrogens (tertiary/aromatic N) is 1. The van der Waals surface area contributed by atoms with E-state index in [0.717, 1.165) is 38.9 Å². The van der Waals surface area contributed by atoms with Crippen molar-refractivity contribution in [3.8, 4) is 0 Å². The van der Waals surface area contributed by atoms with Crippen LogP contribution < -0.4 is 11.1 Å². The van der Waals surface area contributed by atoms with E-state index in [1.54, 1.807) is 0 Å². The second kappa shape index (κ2) is 5.15. The van der Waals surface area contributed by atoms with E-state index in [0.29, 0.717) is 18.4 Å². The van der Waals surface area contributed by atoms with E-state index in [9.17, 15) is 4.79 Å². The summed E-state index contributed by atoms with van der Waals surface area (Å²) < 4.78 is 0. The third-order valence-electron chi connectivity index (χ3n) is 3.37. The third kappa shape index (κ3) is 3.76. The zero-order valence-electron chi connectivity index (χ0n) is 10.1. The first-order valence-corrected chi connectivity index (χ1v) is 6.41. The lowest BCUT2D eigenvalue weighted by Crippen LogP contribution is -2.47. The molecule has 2 fully saturated rings.